The summed E-state index contributed by atoms with van der Waals surface area (Å²) >= 11 is 0. The lowest BCUT2D eigenvalue weighted by Crippen LogP contribution is -1.99. The summed E-state index contributed by atoms with van der Waals surface area (Å²) in [6.45, 7) is 0. The number of rotatable bonds is 12. The molecule has 8 aromatic carbocycles. The average molecular weight is 920 g/mol. The van der Waals surface area contributed by atoms with Crippen LogP contribution in [0.15, 0.2) is 249 Å². The Labute approximate surface area is 420 Å². The van der Waals surface area contributed by atoms with Gasteiger partial charge in [0, 0.05) is 46.4 Å². The molecule has 3 aromatic heterocycles. The molecule has 3 heterocycles. The number of benzene rings is 8. The van der Waals surface area contributed by atoms with E-state index in [1.807, 2.05) is 85.1 Å². The Kier molecular flexibility index (Phi) is 12.7. The monoisotopic (exact) mass is 919 g/mol. The third-order valence-electron chi connectivity index (χ3n) is 13.3. The largest absolute Gasteiger partial charge is 0.256 e. The quantitative estimate of drug-likeness (QED) is 0.122. The standard InChI is InChI=1S/C67H45N5/c68-44-56-14-10-16-60(49-27-32-53(33-28-49)63-18-4-7-37-70-63)66(56)58-40-46(41-59(42-58)67-57(45-69)15-11-17-61(67)50-29-34-54(35-30-50)64-19-5-8-38-71-64)21-22-51-31-36-55(65-20-6-9-39-72-65)43-62(51)52-25-23-48(24-26-52)47-12-2-1-3-13-47/h1-20,23-43H,21-22H2. The highest BCUT2D eigenvalue weighted by molar-refractivity contribution is 5.93. The van der Waals surface area contributed by atoms with E-state index in [1.165, 1.54) is 11.1 Å². The first-order valence-corrected chi connectivity index (χ1v) is 24.0. The van der Waals surface area contributed by atoms with E-state index in [4.69, 9.17) is 4.98 Å². The van der Waals surface area contributed by atoms with Crippen molar-refractivity contribution in [3.05, 3.63) is 271 Å². The van der Waals surface area contributed by atoms with Crippen LogP contribution in [0.3, 0.4) is 0 Å². The molecule has 0 atom stereocenters. The molecular formula is C67H45N5. The van der Waals surface area contributed by atoms with Crippen LogP contribution in [0.4, 0.5) is 0 Å². The number of aryl methyl sites for hydroxylation is 2. The zero-order chi connectivity index (χ0) is 48.6. The molecule has 0 N–H and O–H groups in total. The fourth-order valence-corrected chi connectivity index (χ4v) is 9.74. The molecule has 11 rings (SSSR count). The summed E-state index contributed by atoms with van der Waals surface area (Å²) in [5.41, 5.74) is 21.1. The Balaban J connectivity index is 1.05. The van der Waals surface area contributed by atoms with Crippen LogP contribution in [0.2, 0.25) is 0 Å². The second-order valence-corrected chi connectivity index (χ2v) is 17.7. The molecule has 5 nitrogen and oxygen atoms in total. The molecule has 338 valence electrons. The smallest absolute Gasteiger partial charge is 0.0998 e. The van der Waals surface area contributed by atoms with E-state index in [0.29, 0.717) is 17.5 Å². The average Bonchev–Trinajstić information content (AvgIpc) is 3.47. The van der Waals surface area contributed by atoms with Crippen molar-refractivity contribution in [3.8, 4) is 113 Å². The van der Waals surface area contributed by atoms with E-state index in [2.05, 4.69) is 174 Å². The number of hydrogen-bond donors (Lipinski definition) is 0. The van der Waals surface area contributed by atoms with Gasteiger partial charge in [0.05, 0.1) is 40.3 Å². The molecule has 0 amide bonds. The fraction of sp³-hybridized carbons (Fsp3) is 0.0299. The van der Waals surface area contributed by atoms with Gasteiger partial charge in [0.25, 0.3) is 0 Å². The zero-order valence-corrected chi connectivity index (χ0v) is 39.3. The van der Waals surface area contributed by atoms with Crippen molar-refractivity contribution in [1.82, 2.24) is 15.0 Å². The van der Waals surface area contributed by atoms with Gasteiger partial charge in [0.2, 0.25) is 0 Å². The highest BCUT2D eigenvalue weighted by atomic mass is 14.7. The molecule has 72 heavy (non-hydrogen) atoms. The van der Waals surface area contributed by atoms with E-state index >= 15 is 0 Å². The highest BCUT2D eigenvalue weighted by Crippen LogP contribution is 2.42. The van der Waals surface area contributed by atoms with Crippen LogP contribution < -0.4 is 0 Å². The third kappa shape index (κ3) is 9.35. The van der Waals surface area contributed by atoms with Gasteiger partial charge in [-0.2, -0.15) is 10.5 Å². The second-order valence-electron chi connectivity index (χ2n) is 17.7. The van der Waals surface area contributed by atoms with E-state index in [-0.39, 0.29) is 0 Å². The highest BCUT2D eigenvalue weighted by Gasteiger charge is 2.20. The van der Waals surface area contributed by atoms with Crippen LogP contribution >= 0.6 is 0 Å². The van der Waals surface area contributed by atoms with E-state index < -0.39 is 0 Å². The van der Waals surface area contributed by atoms with Crippen LogP contribution in [-0.2, 0) is 12.8 Å². The maximum Gasteiger partial charge on any atom is 0.0998 e. The summed E-state index contributed by atoms with van der Waals surface area (Å²) in [4.78, 5) is 13.9. The normalized spacial score (nSPS) is 10.9. The Morgan fingerprint density at radius 1 is 0.292 bits per heavy atom. The van der Waals surface area contributed by atoms with Gasteiger partial charge in [-0.15, -0.1) is 0 Å². The molecule has 0 unspecified atom stereocenters. The lowest BCUT2D eigenvalue weighted by molar-refractivity contribution is 0.963. The molecule has 0 bridgehead atoms. The second kappa shape index (κ2) is 20.4. The van der Waals surface area contributed by atoms with Crippen molar-refractivity contribution in [3.63, 3.8) is 0 Å². The van der Waals surface area contributed by atoms with Gasteiger partial charge in [-0.05, 0) is 140 Å². The van der Waals surface area contributed by atoms with Gasteiger partial charge in [-0.25, -0.2) is 0 Å². The van der Waals surface area contributed by atoms with Crippen molar-refractivity contribution < 1.29 is 0 Å². The van der Waals surface area contributed by atoms with Gasteiger partial charge >= 0.3 is 0 Å². The third-order valence-corrected chi connectivity index (χ3v) is 13.3. The lowest BCUT2D eigenvalue weighted by atomic mass is 9.84. The van der Waals surface area contributed by atoms with Crippen LogP contribution in [0, 0.1) is 22.7 Å². The summed E-state index contributed by atoms with van der Waals surface area (Å²) in [6.07, 6.45) is 6.85. The minimum atomic E-state index is 0.564. The maximum atomic E-state index is 10.8. The molecule has 0 aliphatic heterocycles. The van der Waals surface area contributed by atoms with Crippen molar-refractivity contribution in [1.29, 1.82) is 10.5 Å². The summed E-state index contributed by atoms with van der Waals surface area (Å²) in [6, 6.07) is 84.2. The van der Waals surface area contributed by atoms with Gasteiger partial charge in [0.1, 0.15) is 0 Å². The predicted octanol–water partition coefficient (Wildman–Crippen LogP) is 16.4. The number of pyridine rings is 3. The van der Waals surface area contributed by atoms with E-state index in [9.17, 15) is 10.5 Å². The van der Waals surface area contributed by atoms with Crippen LogP contribution in [0.25, 0.3) is 101 Å². The van der Waals surface area contributed by atoms with Gasteiger partial charge in [-0.1, -0.05) is 170 Å². The Hall–Kier alpha value is -9.81. The molecule has 0 aliphatic rings. The van der Waals surface area contributed by atoms with Gasteiger partial charge in [0.15, 0.2) is 0 Å². The summed E-state index contributed by atoms with van der Waals surface area (Å²) in [7, 11) is 0. The number of aromatic nitrogens is 3. The van der Waals surface area contributed by atoms with Crippen LogP contribution in [-0.4, -0.2) is 15.0 Å². The number of hydrogen-bond acceptors (Lipinski definition) is 5. The number of nitrogens with zero attached hydrogens (tertiary/aromatic N) is 5. The molecule has 11 aromatic rings. The first kappa shape index (κ1) is 44.7. The first-order chi connectivity index (χ1) is 35.6. The number of nitriles is 2. The summed E-state index contributed by atoms with van der Waals surface area (Å²) in [5.74, 6) is 0. The molecule has 0 radical (unpaired) electrons. The zero-order valence-electron chi connectivity index (χ0n) is 39.3. The van der Waals surface area contributed by atoms with Crippen LogP contribution in [0.5, 0.6) is 0 Å². The van der Waals surface area contributed by atoms with E-state index in [1.54, 1.807) is 12.4 Å². The van der Waals surface area contributed by atoms with Crippen LogP contribution in [0.1, 0.15) is 22.3 Å². The minimum Gasteiger partial charge on any atom is -0.256 e. The van der Waals surface area contributed by atoms with Gasteiger partial charge < -0.3 is 0 Å². The Morgan fingerprint density at radius 3 is 1.18 bits per heavy atom. The molecular weight excluding hydrogens is 875 g/mol. The van der Waals surface area contributed by atoms with E-state index in [0.717, 1.165) is 107 Å². The maximum absolute atomic E-state index is 10.8. The predicted molar refractivity (Wildman–Crippen MR) is 292 cm³/mol. The van der Waals surface area contributed by atoms with Crippen molar-refractivity contribution in [2.45, 2.75) is 12.8 Å². The first-order valence-electron chi connectivity index (χ1n) is 24.0. The molecule has 5 heteroatoms. The molecule has 0 aliphatic carbocycles. The molecule has 0 saturated carbocycles. The summed E-state index contributed by atoms with van der Waals surface area (Å²) in [5, 5.41) is 21.7. The molecule has 0 fully saturated rings. The Morgan fingerprint density at radius 2 is 0.708 bits per heavy atom. The van der Waals surface area contributed by atoms with Crippen molar-refractivity contribution >= 4 is 0 Å². The summed E-state index contributed by atoms with van der Waals surface area (Å²) < 4.78 is 0. The molecule has 0 saturated heterocycles. The lowest BCUT2D eigenvalue weighted by Gasteiger charge is -2.19. The van der Waals surface area contributed by atoms with Crippen molar-refractivity contribution in [2.75, 3.05) is 0 Å². The van der Waals surface area contributed by atoms with Crippen molar-refractivity contribution in [2.24, 2.45) is 0 Å². The SMILES string of the molecule is N#Cc1cccc(-c2ccc(-c3ccccn3)cc2)c1-c1cc(CCc2ccc(-c3ccccn3)cc2-c2ccc(-c3ccccc3)cc2)cc(-c2c(C#N)cccc2-c2ccc(-c3ccccn3)cc2)c1. The Bertz CT molecular complexity index is 3600. The topological polar surface area (TPSA) is 86.2 Å². The fourth-order valence-electron chi connectivity index (χ4n) is 9.74. The minimum absolute atomic E-state index is 0.564. The van der Waals surface area contributed by atoms with Gasteiger partial charge in [-0.3, -0.25) is 15.0 Å². The molecule has 0 spiro atoms.